The first-order valence-electron chi connectivity index (χ1n) is 5.81. The third-order valence-corrected chi connectivity index (χ3v) is 3.88. The first kappa shape index (κ1) is 12.3. The van der Waals surface area contributed by atoms with Gasteiger partial charge in [-0.25, -0.2) is 14.4 Å². The Bertz CT molecular complexity index is 633. The van der Waals surface area contributed by atoms with Crippen LogP contribution in [-0.2, 0) is 6.42 Å². The van der Waals surface area contributed by atoms with E-state index >= 15 is 0 Å². The first-order chi connectivity index (χ1) is 9.20. The van der Waals surface area contributed by atoms with E-state index in [9.17, 15) is 8.78 Å². The van der Waals surface area contributed by atoms with Gasteiger partial charge >= 0.3 is 0 Å². The highest BCUT2D eigenvalue weighted by molar-refractivity contribution is 7.98. The van der Waals surface area contributed by atoms with Crippen molar-refractivity contribution in [3.05, 3.63) is 41.9 Å². The molecule has 0 amide bonds. The summed E-state index contributed by atoms with van der Waals surface area (Å²) in [6, 6.07) is 5.03. The molecule has 0 radical (unpaired) electrons. The second-order valence-corrected chi connectivity index (χ2v) is 5.07. The maximum absolute atomic E-state index is 14.1. The van der Waals surface area contributed by atoms with Crippen LogP contribution in [0.15, 0.2) is 29.4 Å². The van der Waals surface area contributed by atoms with Gasteiger partial charge in [0.15, 0.2) is 0 Å². The molecule has 0 N–H and O–H groups in total. The number of thioether (sulfide) groups is 1. The lowest BCUT2D eigenvalue weighted by Crippen LogP contribution is -2.15. The van der Waals surface area contributed by atoms with E-state index < -0.39 is 5.95 Å². The largest absolute Gasteiger partial charge is 0.323 e. The van der Waals surface area contributed by atoms with E-state index in [0.717, 1.165) is 4.90 Å². The standard InChI is InChI=1S/C13H11F2N3S/c1-19-8-2-3-11(10(14)6-8)18-5-4-9-12(15)16-7-17-13(9)18/h2-3,6-7H,4-5H2,1H3. The predicted molar refractivity (Wildman–Crippen MR) is 70.9 cm³/mol. The molecule has 6 heteroatoms. The number of nitrogens with zero attached hydrogens (tertiary/aromatic N) is 3. The Labute approximate surface area is 113 Å². The van der Waals surface area contributed by atoms with Gasteiger partial charge in [-0.3, -0.25) is 0 Å². The van der Waals surface area contributed by atoms with Gasteiger partial charge in [-0.15, -0.1) is 11.8 Å². The van der Waals surface area contributed by atoms with E-state index in [-0.39, 0.29) is 5.82 Å². The zero-order valence-electron chi connectivity index (χ0n) is 10.2. The summed E-state index contributed by atoms with van der Waals surface area (Å²) in [4.78, 5) is 10.1. The fourth-order valence-electron chi connectivity index (χ4n) is 2.23. The molecule has 2 aromatic rings. The number of rotatable bonds is 2. The molecule has 1 aliphatic heterocycles. The van der Waals surface area contributed by atoms with Crippen molar-refractivity contribution in [3.63, 3.8) is 0 Å². The highest BCUT2D eigenvalue weighted by atomic mass is 32.2. The summed E-state index contributed by atoms with van der Waals surface area (Å²) in [6.45, 7) is 0.514. The highest BCUT2D eigenvalue weighted by Gasteiger charge is 2.27. The second kappa shape index (κ2) is 4.77. The van der Waals surface area contributed by atoms with Crippen molar-refractivity contribution in [1.29, 1.82) is 0 Å². The van der Waals surface area contributed by atoms with E-state index in [1.165, 1.54) is 24.2 Å². The number of hydrogen-bond acceptors (Lipinski definition) is 4. The lowest BCUT2D eigenvalue weighted by atomic mass is 10.2. The van der Waals surface area contributed by atoms with E-state index in [1.807, 2.05) is 12.3 Å². The third kappa shape index (κ3) is 2.06. The zero-order valence-corrected chi connectivity index (χ0v) is 11.0. The van der Waals surface area contributed by atoms with Crippen LogP contribution in [0, 0.1) is 11.8 Å². The molecule has 0 unspecified atom stereocenters. The molecular weight excluding hydrogens is 268 g/mol. The topological polar surface area (TPSA) is 29.0 Å². The number of halogens is 2. The van der Waals surface area contributed by atoms with Gasteiger partial charge in [-0.2, -0.15) is 4.39 Å². The van der Waals surface area contributed by atoms with Crippen molar-refractivity contribution in [1.82, 2.24) is 9.97 Å². The summed E-state index contributed by atoms with van der Waals surface area (Å²) in [5, 5.41) is 0. The average molecular weight is 279 g/mol. The lowest BCUT2D eigenvalue weighted by molar-refractivity contribution is 0.568. The fraction of sp³-hybridized carbons (Fsp3) is 0.231. The molecule has 1 aliphatic rings. The molecule has 3 nitrogen and oxygen atoms in total. The van der Waals surface area contributed by atoms with Crippen molar-refractivity contribution in [3.8, 4) is 0 Å². The van der Waals surface area contributed by atoms with Crippen LogP contribution in [0.2, 0.25) is 0 Å². The van der Waals surface area contributed by atoms with Crippen molar-refractivity contribution in [2.75, 3.05) is 17.7 Å². The maximum atomic E-state index is 14.1. The molecule has 0 saturated carbocycles. The molecule has 0 bridgehead atoms. The number of benzene rings is 1. The smallest absolute Gasteiger partial charge is 0.221 e. The Morgan fingerprint density at radius 3 is 2.84 bits per heavy atom. The molecule has 0 saturated heterocycles. The van der Waals surface area contributed by atoms with Gasteiger partial charge in [0.05, 0.1) is 11.3 Å². The van der Waals surface area contributed by atoms with Gasteiger partial charge in [-0.05, 0) is 30.9 Å². The molecule has 0 atom stereocenters. The molecule has 19 heavy (non-hydrogen) atoms. The molecule has 98 valence electrons. The molecule has 3 rings (SSSR count). The number of anilines is 2. The minimum atomic E-state index is -0.520. The molecule has 1 aromatic heterocycles. The van der Waals surface area contributed by atoms with Crippen LogP contribution in [0.5, 0.6) is 0 Å². The summed E-state index contributed by atoms with van der Waals surface area (Å²) in [7, 11) is 0. The summed E-state index contributed by atoms with van der Waals surface area (Å²) < 4.78 is 27.6. The molecule has 2 heterocycles. The lowest BCUT2D eigenvalue weighted by Gasteiger charge is -2.19. The molecule has 0 spiro atoms. The summed E-state index contributed by atoms with van der Waals surface area (Å²) >= 11 is 1.48. The van der Waals surface area contributed by atoms with Crippen LogP contribution in [-0.4, -0.2) is 22.8 Å². The Balaban J connectivity index is 2.04. The van der Waals surface area contributed by atoms with Crippen LogP contribution < -0.4 is 4.90 Å². The second-order valence-electron chi connectivity index (χ2n) is 4.19. The van der Waals surface area contributed by atoms with Crippen molar-refractivity contribution in [2.45, 2.75) is 11.3 Å². The minimum Gasteiger partial charge on any atom is -0.323 e. The number of fused-ring (bicyclic) bond motifs is 1. The molecule has 0 fully saturated rings. The quantitative estimate of drug-likeness (QED) is 0.623. The normalized spacial score (nSPS) is 13.7. The predicted octanol–water partition coefficient (Wildman–Crippen LogP) is 3.17. The summed E-state index contributed by atoms with van der Waals surface area (Å²) in [6.07, 6.45) is 3.55. The Morgan fingerprint density at radius 2 is 2.11 bits per heavy atom. The van der Waals surface area contributed by atoms with Crippen molar-refractivity contribution >= 4 is 23.3 Å². The van der Waals surface area contributed by atoms with Crippen molar-refractivity contribution < 1.29 is 8.78 Å². The van der Waals surface area contributed by atoms with E-state index in [1.54, 1.807) is 11.0 Å². The zero-order chi connectivity index (χ0) is 13.4. The van der Waals surface area contributed by atoms with Gasteiger partial charge in [0.2, 0.25) is 5.95 Å². The fourth-order valence-corrected chi connectivity index (χ4v) is 2.65. The van der Waals surface area contributed by atoms with Gasteiger partial charge in [-0.1, -0.05) is 0 Å². The molecular formula is C13H11F2N3S. The van der Waals surface area contributed by atoms with E-state index in [0.29, 0.717) is 30.0 Å². The Hall–Kier alpha value is -1.69. The number of aromatic nitrogens is 2. The van der Waals surface area contributed by atoms with E-state index in [4.69, 9.17) is 0 Å². The van der Waals surface area contributed by atoms with Gasteiger partial charge in [0.25, 0.3) is 0 Å². The van der Waals surface area contributed by atoms with E-state index in [2.05, 4.69) is 9.97 Å². The van der Waals surface area contributed by atoms with Crippen molar-refractivity contribution in [2.24, 2.45) is 0 Å². The van der Waals surface area contributed by atoms with Gasteiger partial charge in [0, 0.05) is 11.4 Å². The summed E-state index contributed by atoms with van der Waals surface area (Å²) in [5.41, 5.74) is 0.880. The SMILES string of the molecule is CSc1ccc(N2CCc3c(F)ncnc32)c(F)c1. The molecule has 0 aliphatic carbocycles. The Morgan fingerprint density at radius 1 is 1.26 bits per heavy atom. The highest BCUT2D eigenvalue weighted by Crippen LogP contribution is 2.35. The van der Waals surface area contributed by atoms with Crippen LogP contribution in [0.4, 0.5) is 20.3 Å². The average Bonchev–Trinajstić information content (AvgIpc) is 2.84. The van der Waals surface area contributed by atoms with Crippen LogP contribution in [0.25, 0.3) is 0 Å². The monoisotopic (exact) mass is 279 g/mol. The first-order valence-corrected chi connectivity index (χ1v) is 7.03. The van der Waals surface area contributed by atoms with Crippen LogP contribution in [0.1, 0.15) is 5.56 Å². The maximum Gasteiger partial charge on any atom is 0.221 e. The van der Waals surface area contributed by atoms with Gasteiger partial charge in [0.1, 0.15) is 18.0 Å². The Kier molecular flexibility index (Phi) is 3.10. The summed E-state index contributed by atoms with van der Waals surface area (Å²) in [5.74, 6) is -0.379. The van der Waals surface area contributed by atoms with Crippen LogP contribution >= 0.6 is 11.8 Å². The third-order valence-electron chi connectivity index (χ3n) is 3.16. The van der Waals surface area contributed by atoms with Crippen LogP contribution in [0.3, 0.4) is 0 Å². The minimum absolute atomic E-state index is 0.321. The number of hydrogen-bond donors (Lipinski definition) is 0. The van der Waals surface area contributed by atoms with Gasteiger partial charge < -0.3 is 4.90 Å². The molecule has 1 aromatic carbocycles.